The number of rotatable bonds is 8. The molecule has 6 heteroatoms. The first-order valence-electron chi connectivity index (χ1n) is 10.5. The summed E-state index contributed by atoms with van der Waals surface area (Å²) in [4.78, 5) is 0. The Morgan fingerprint density at radius 1 is 0.909 bits per heavy atom. The summed E-state index contributed by atoms with van der Waals surface area (Å²) in [6.07, 6.45) is 1.68. The van der Waals surface area contributed by atoms with E-state index in [9.17, 15) is 0 Å². The van der Waals surface area contributed by atoms with Crippen LogP contribution in [-0.2, 0) is 12.4 Å². The van der Waals surface area contributed by atoms with Crippen molar-refractivity contribution in [1.82, 2.24) is 0 Å². The summed E-state index contributed by atoms with van der Waals surface area (Å²) >= 11 is 1.45. The van der Waals surface area contributed by atoms with E-state index in [-0.39, 0.29) is 0 Å². The topological polar surface area (TPSA) is 69.2 Å². The Morgan fingerprint density at radius 2 is 1.70 bits per heavy atom. The summed E-state index contributed by atoms with van der Waals surface area (Å²) in [5, 5.41) is 11.0. The van der Waals surface area contributed by atoms with Crippen LogP contribution in [0.3, 0.4) is 0 Å². The first-order chi connectivity index (χ1) is 16.2. The fourth-order valence-corrected chi connectivity index (χ4v) is 3.93. The molecule has 2 N–H and O–H groups in total. The number of ether oxygens (including phenoxy) is 2. The number of hydrogen-bond donors (Lipinski definition) is 1. The van der Waals surface area contributed by atoms with Crippen LogP contribution in [0.4, 0.5) is 0 Å². The molecule has 0 bridgehead atoms. The summed E-state index contributed by atoms with van der Waals surface area (Å²) < 4.78 is 11.5. The molecule has 166 valence electrons. The van der Waals surface area contributed by atoms with Crippen LogP contribution in [0.1, 0.15) is 16.7 Å². The van der Waals surface area contributed by atoms with Crippen LogP contribution in [0.15, 0.2) is 101 Å². The molecular formula is C27H25N3O2S. The summed E-state index contributed by atoms with van der Waals surface area (Å²) in [7, 11) is 1.65. The minimum absolute atomic E-state index is 0.377. The number of methoxy groups -OCH3 is 1. The Bertz CT molecular complexity index is 1270. The van der Waals surface area contributed by atoms with Gasteiger partial charge in [-0.1, -0.05) is 72.4 Å². The van der Waals surface area contributed by atoms with E-state index in [4.69, 9.17) is 15.2 Å². The second-order valence-corrected chi connectivity index (χ2v) is 8.32. The predicted octanol–water partition coefficient (Wildman–Crippen LogP) is 6.01. The van der Waals surface area contributed by atoms with E-state index in [1.165, 1.54) is 22.7 Å². The highest BCUT2D eigenvalue weighted by molar-refractivity contribution is 8.13. The van der Waals surface area contributed by atoms with E-state index in [0.717, 1.165) is 33.8 Å². The first kappa shape index (κ1) is 22.4. The summed E-state index contributed by atoms with van der Waals surface area (Å²) in [5.41, 5.74) is 8.97. The van der Waals surface area contributed by atoms with Gasteiger partial charge in [-0.05, 0) is 52.2 Å². The van der Waals surface area contributed by atoms with Gasteiger partial charge >= 0.3 is 0 Å². The van der Waals surface area contributed by atoms with Gasteiger partial charge in [0.15, 0.2) is 5.17 Å². The van der Waals surface area contributed by atoms with Gasteiger partial charge in [0.25, 0.3) is 0 Å². The van der Waals surface area contributed by atoms with Crippen molar-refractivity contribution in [1.29, 1.82) is 0 Å². The molecule has 0 fully saturated rings. The number of nitrogens with zero attached hydrogens (tertiary/aromatic N) is 2. The van der Waals surface area contributed by atoms with Gasteiger partial charge in [-0.2, -0.15) is 5.10 Å². The molecule has 33 heavy (non-hydrogen) atoms. The maximum atomic E-state index is 6.04. The fraction of sp³-hybridized carbons (Fsp3) is 0.111. The molecule has 0 aliphatic rings. The van der Waals surface area contributed by atoms with Crippen LogP contribution in [0.5, 0.6) is 11.5 Å². The number of nitrogens with two attached hydrogens (primary N) is 1. The van der Waals surface area contributed by atoms with Crippen LogP contribution in [0.25, 0.3) is 10.8 Å². The largest absolute Gasteiger partial charge is 0.496 e. The van der Waals surface area contributed by atoms with Crippen molar-refractivity contribution in [3.63, 3.8) is 0 Å². The second-order valence-electron chi connectivity index (χ2n) is 7.33. The fourth-order valence-electron chi connectivity index (χ4n) is 3.32. The molecule has 0 saturated carbocycles. The summed E-state index contributed by atoms with van der Waals surface area (Å²) in [5.74, 6) is 2.32. The lowest BCUT2D eigenvalue weighted by molar-refractivity contribution is 0.297. The normalized spacial score (nSPS) is 11.7. The van der Waals surface area contributed by atoms with Gasteiger partial charge in [0.05, 0.1) is 13.3 Å². The molecule has 0 atom stereocenters. The Kier molecular flexibility index (Phi) is 7.61. The lowest BCUT2D eigenvalue weighted by Crippen LogP contribution is -2.06. The van der Waals surface area contributed by atoms with Crippen LogP contribution < -0.4 is 15.2 Å². The van der Waals surface area contributed by atoms with Crippen molar-refractivity contribution in [2.75, 3.05) is 7.11 Å². The number of hydrogen-bond acceptors (Lipinski definition) is 5. The van der Waals surface area contributed by atoms with Crippen molar-refractivity contribution in [2.45, 2.75) is 12.4 Å². The second kappa shape index (κ2) is 11.2. The van der Waals surface area contributed by atoms with E-state index in [0.29, 0.717) is 11.8 Å². The van der Waals surface area contributed by atoms with Gasteiger partial charge < -0.3 is 15.2 Å². The number of amidine groups is 1. The van der Waals surface area contributed by atoms with Gasteiger partial charge in [-0.3, -0.25) is 0 Å². The molecule has 0 amide bonds. The lowest BCUT2D eigenvalue weighted by Gasteiger charge is -2.11. The molecule has 0 aliphatic heterocycles. The van der Waals surface area contributed by atoms with Gasteiger partial charge in [0.1, 0.15) is 18.1 Å². The van der Waals surface area contributed by atoms with Crippen molar-refractivity contribution in [3.8, 4) is 11.5 Å². The molecule has 0 unspecified atom stereocenters. The molecule has 0 radical (unpaired) electrons. The standard InChI is InChI=1S/C27H25N3O2S/c1-31-26-14-11-21(17-29-30-27(28)33-19-20-7-3-2-4-8-20)15-24(26)18-32-25-13-12-22-9-5-6-10-23(22)16-25/h2-17H,18-19H2,1H3,(H2,28,30). The third-order valence-electron chi connectivity index (χ3n) is 5.01. The number of fused-ring (bicyclic) bond motifs is 1. The quantitative estimate of drug-likeness (QED) is 0.201. The zero-order valence-electron chi connectivity index (χ0n) is 18.3. The van der Waals surface area contributed by atoms with Gasteiger partial charge in [0, 0.05) is 11.3 Å². The van der Waals surface area contributed by atoms with Crippen molar-refractivity contribution in [2.24, 2.45) is 15.9 Å². The van der Waals surface area contributed by atoms with Crippen molar-refractivity contribution >= 4 is 33.9 Å². The highest BCUT2D eigenvalue weighted by Crippen LogP contribution is 2.24. The Labute approximate surface area is 198 Å². The monoisotopic (exact) mass is 455 g/mol. The Morgan fingerprint density at radius 3 is 2.52 bits per heavy atom. The van der Waals surface area contributed by atoms with Gasteiger partial charge in [-0.25, -0.2) is 0 Å². The molecule has 0 spiro atoms. The SMILES string of the molecule is COc1ccc(C=NN=C(N)SCc2ccccc2)cc1COc1ccc2ccccc2c1. The molecule has 0 saturated heterocycles. The minimum atomic E-state index is 0.377. The molecule has 0 aromatic heterocycles. The average molecular weight is 456 g/mol. The third-order valence-corrected chi connectivity index (χ3v) is 5.87. The van der Waals surface area contributed by atoms with E-state index < -0.39 is 0 Å². The molecule has 4 aromatic carbocycles. The molecule has 0 heterocycles. The first-order valence-corrected chi connectivity index (χ1v) is 11.5. The number of benzene rings is 4. The number of thioether (sulfide) groups is 1. The minimum Gasteiger partial charge on any atom is -0.496 e. The van der Waals surface area contributed by atoms with Crippen LogP contribution in [0, 0.1) is 0 Å². The zero-order valence-corrected chi connectivity index (χ0v) is 19.2. The summed E-state index contributed by atoms with van der Waals surface area (Å²) in [6.45, 7) is 0.377. The van der Waals surface area contributed by atoms with Crippen LogP contribution >= 0.6 is 11.8 Å². The van der Waals surface area contributed by atoms with E-state index in [2.05, 4.69) is 40.5 Å². The van der Waals surface area contributed by atoms with E-state index >= 15 is 0 Å². The predicted molar refractivity (Wildman–Crippen MR) is 138 cm³/mol. The van der Waals surface area contributed by atoms with Crippen molar-refractivity contribution < 1.29 is 9.47 Å². The Balaban J connectivity index is 1.40. The summed E-state index contributed by atoms with van der Waals surface area (Å²) in [6, 6.07) is 30.2. The lowest BCUT2D eigenvalue weighted by atomic mass is 10.1. The average Bonchev–Trinajstić information content (AvgIpc) is 2.87. The molecule has 0 aliphatic carbocycles. The van der Waals surface area contributed by atoms with Gasteiger partial charge in [-0.15, -0.1) is 5.10 Å². The van der Waals surface area contributed by atoms with Crippen LogP contribution in [0.2, 0.25) is 0 Å². The van der Waals surface area contributed by atoms with Crippen molar-refractivity contribution in [3.05, 3.63) is 108 Å². The molecular weight excluding hydrogens is 430 g/mol. The third kappa shape index (κ3) is 6.37. The van der Waals surface area contributed by atoms with E-state index in [1.807, 2.05) is 60.7 Å². The Hall–Kier alpha value is -3.77. The maximum absolute atomic E-state index is 6.04. The molecule has 5 nitrogen and oxygen atoms in total. The maximum Gasteiger partial charge on any atom is 0.180 e. The van der Waals surface area contributed by atoms with Crippen LogP contribution in [-0.4, -0.2) is 18.5 Å². The van der Waals surface area contributed by atoms with Gasteiger partial charge in [0.2, 0.25) is 0 Å². The zero-order chi connectivity index (χ0) is 22.9. The molecule has 4 aromatic rings. The highest BCUT2D eigenvalue weighted by Gasteiger charge is 2.06. The molecule has 4 rings (SSSR count). The van der Waals surface area contributed by atoms with E-state index in [1.54, 1.807) is 13.3 Å². The smallest absolute Gasteiger partial charge is 0.180 e. The highest BCUT2D eigenvalue weighted by atomic mass is 32.2.